The van der Waals surface area contributed by atoms with Crippen molar-refractivity contribution in [2.24, 2.45) is 5.92 Å². The van der Waals surface area contributed by atoms with Gasteiger partial charge in [0.2, 0.25) is 0 Å². The lowest BCUT2D eigenvalue weighted by molar-refractivity contribution is -0.158. The summed E-state index contributed by atoms with van der Waals surface area (Å²) >= 11 is 0. The molecule has 8 heteroatoms. The van der Waals surface area contributed by atoms with E-state index in [0.717, 1.165) is 42.4 Å². The molecule has 2 aromatic rings. The minimum atomic E-state index is -0.537. The predicted molar refractivity (Wildman–Crippen MR) is 148 cm³/mol. The van der Waals surface area contributed by atoms with E-state index in [1.54, 1.807) is 30.3 Å². The van der Waals surface area contributed by atoms with Crippen LogP contribution >= 0.6 is 0 Å². The van der Waals surface area contributed by atoms with Gasteiger partial charge in [-0.1, -0.05) is 30.7 Å². The van der Waals surface area contributed by atoms with E-state index < -0.39 is 18.2 Å². The minimum absolute atomic E-state index is 0.0184. The zero-order valence-corrected chi connectivity index (χ0v) is 23.4. The molecule has 0 aliphatic heterocycles. The van der Waals surface area contributed by atoms with Gasteiger partial charge in [0.1, 0.15) is 12.2 Å². The third kappa shape index (κ3) is 7.41. The molecule has 2 aliphatic carbocycles. The molecular formula is C32H38O8. The zero-order valence-electron chi connectivity index (χ0n) is 23.4. The maximum atomic E-state index is 13.1. The van der Waals surface area contributed by atoms with Crippen molar-refractivity contribution in [3.63, 3.8) is 0 Å². The molecule has 4 rings (SSSR count). The quantitative estimate of drug-likeness (QED) is 0.373. The average Bonchev–Trinajstić information content (AvgIpc) is 3.46. The number of fused-ring (bicyclic) bond motifs is 1. The number of phenolic OH excluding ortho intramolecular Hbond substituents is 2. The van der Waals surface area contributed by atoms with Crippen molar-refractivity contribution < 1.29 is 38.7 Å². The Morgan fingerprint density at radius 3 is 2.27 bits per heavy atom. The number of aromatic hydroxyl groups is 2. The molecule has 0 radical (unpaired) electrons. The van der Waals surface area contributed by atoms with Crippen LogP contribution in [0.4, 0.5) is 0 Å². The van der Waals surface area contributed by atoms with Gasteiger partial charge in [-0.05, 0) is 66.6 Å². The molecule has 0 bridgehead atoms. The maximum Gasteiger partial charge on any atom is 0.309 e. The molecule has 3 atom stereocenters. The van der Waals surface area contributed by atoms with Crippen LogP contribution in [0.3, 0.4) is 0 Å². The van der Waals surface area contributed by atoms with Crippen molar-refractivity contribution >= 4 is 11.9 Å². The Morgan fingerprint density at radius 2 is 1.57 bits per heavy atom. The van der Waals surface area contributed by atoms with Crippen LogP contribution in [0.25, 0.3) is 0 Å². The Hall–Kier alpha value is -3.86. The minimum Gasteiger partial charge on any atom is -0.504 e. The molecule has 1 fully saturated rings. The van der Waals surface area contributed by atoms with Crippen molar-refractivity contribution in [1.82, 2.24) is 0 Å². The molecule has 2 aliphatic rings. The molecule has 0 spiro atoms. The Morgan fingerprint density at radius 1 is 0.850 bits per heavy atom. The lowest BCUT2D eigenvalue weighted by Gasteiger charge is -2.27. The number of hydrogen-bond donors (Lipinski definition) is 2. The molecule has 8 nitrogen and oxygen atoms in total. The Bertz CT molecular complexity index is 1270. The van der Waals surface area contributed by atoms with Gasteiger partial charge in [-0.25, -0.2) is 0 Å². The van der Waals surface area contributed by atoms with E-state index in [-0.39, 0.29) is 29.3 Å². The highest BCUT2D eigenvalue weighted by Gasteiger charge is 2.31. The predicted octanol–water partition coefficient (Wildman–Crippen LogP) is 5.20. The molecule has 0 aromatic heterocycles. The first-order valence-corrected chi connectivity index (χ1v) is 13.9. The van der Waals surface area contributed by atoms with Crippen LogP contribution in [-0.4, -0.2) is 48.6 Å². The van der Waals surface area contributed by atoms with Gasteiger partial charge in [0, 0.05) is 32.1 Å². The van der Waals surface area contributed by atoms with Crippen LogP contribution in [0, 0.1) is 17.8 Å². The number of phenols is 2. The van der Waals surface area contributed by atoms with Crippen LogP contribution < -0.4 is 9.47 Å². The van der Waals surface area contributed by atoms with Gasteiger partial charge in [-0.3, -0.25) is 9.59 Å². The lowest BCUT2D eigenvalue weighted by Crippen LogP contribution is -2.30. The Labute approximate surface area is 235 Å². The molecule has 214 valence electrons. The van der Waals surface area contributed by atoms with Gasteiger partial charge < -0.3 is 29.2 Å². The second-order valence-electron chi connectivity index (χ2n) is 10.6. The van der Waals surface area contributed by atoms with Crippen molar-refractivity contribution in [2.45, 2.75) is 82.8 Å². The summed E-state index contributed by atoms with van der Waals surface area (Å²) < 4.78 is 22.5. The topological polar surface area (TPSA) is 112 Å². The zero-order chi connectivity index (χ0) is 28.6. The number of esters is 2. The molecule has 2 aromatic carbocycles. The van der Waals surface area contributed by atoms with E-state index in [9.17, 15) is 19.8 Å². The number of aryl methyl sites for hydroxylation is 1. The summed E-state index contributed by atoms with van der Waals surface area (Å²) in [5.74, 6) is 6.26. The standard InChI is InChI=1S/C32H38O8/c1-20(33)39-26-13-11-24-18-31(38-3)29(35)16-23(24)10-6-9-22(25-12-14-28(34)30(17-25)37-2)15-27(19-26)40-32(36)21-7-4-5-8-21/h12,14,16-18,21-22,26-27,34-35H,4-5,7-8,10-11,13,15,19H2,1-3H3/t22-,26-,27+/m1/s1. The van der Waals surface area contributed by atoms with E-state index in [2.05, 4.69) is 11.8 Å². The van der Waals surface area contributed by atoms with Crippen molar-refractivity contribution in [3.8, 4) is 34.8 Å². The third-order valence-electron chi connectivity index (χ3n) is 7.73. The number of methoxy groups -OCH3 is 2. The third-order valence-corrected chi connectivity index (χ3v) is 7.73. The summed E-state index contributed by atoms with van der Waals surface area (Å²) in [6, 6.07) is 8.55. The smallest absolute Gasteiger partial charge is 0.309 e. The summed E-state index contributed by atoms with van der Waals surface area (Å²) in [5.41, 5.74) is 2.60. The SMILES string of the molecule is COc1cc([C@@H]2C#CCc3cc(O)c(OC)cc3CC[C@@H](OC(C)=O)C[C@@H](OC(=O)C3CCCC3)C2)ccc1O. The lowest BCUT2D eigenvalue weighted by atomic mass is 9.88. The van der Waals surface area contributed by atoms with E-state index in [0.29, 0.717) is 43.6 Å². The molecule has 0 heterocycles. The second kappa shape index (κ2) is 13.5. The summed E-state index contributed by atoms with van der Waals surface area (Å²) in [5, 5.41) is 20.6. The van der Waals surface area contributed by atoms with Crippen LogP contribution in [0.5, 0.6) is 23.0 Å². The molecule has 40 heavy (non-hydrogen) atoms. The Balaban J connectivity index is 1.74. The van der Waals surface area contributed by atoms with E-state index in [1.807, 2.05) is 0 Å². The maximum absolute atomic E-state index is 13.1. The first-order chi connectivity index (χ1) is 19.3. The monoisotopic (exact) mass is 550 g/mol. The van der Waals surface area contributed by atoms with E-state index in [4.69, 9.17) is 18.9 Å². The van der Waals surface area contributed by atoms with E-state index in [1.165, 1.54) is 21.1 Å². The van der Waals surface area contributed by atoms with Crippen LogP contribution in [0.2, 0.25) is 0 Å². The molecular weight excluding hydrogens is 512 g/mol. The summed E-state index contributed by atoms with van der Waals surface area (Å²) in [6.45, 7) is 1.38. The number of carbonyl (C=O) groups excluding carboxylic acids is 2. The van der Waals surface area contributed by atoms with Gasteiger partial charge >= 0.3 is 11.9 Å². The number of carbonyl (C=O) groups is 2. The first-order valence-electron chi connectivity index (χ1n) is 13.9. The second-order valence-corrected chi connectivity index (χ2v) is 10.6. The summed E-state index contributed by atoms with van der Waals surface area (Å²) in [7, 11) is 2.98. The van der Waals surface area contributed by atoms with Gasteiger partial charge in [0.15, 0.2) is 23.0 Å². The van der Waals surface area contributed by atoms with E-state index >= 15 is 0 Å². The number of hydrogen-bond acceptors (Lipinski definition) is 8. The largest absolute Gasteiger partial charge is 0.504 e. The summed E-state index contributed by atoms with van der Waals surface area (Å²) in [6.07, 6.45) is 4.80. The fourth-order valence-corrected chi connectivity index (χ4v) is 5.62. The van der Waals surface area contributed by atoms with Crippen molar-refractivity contribution in [3.05, 3.63) is 47.0 Å². The van der Waals surface area contributed by atoms with Crippen LogP contribution in [0.15, 0.2) is 30.3 Å². The highest BCUT2D eigenvalue weighted by molar-refractivity contribution is 5.73. The highest BCUT2D eigenvalue weighted by Crippen LogP contribution is 2.35. The highest BCUT2D eigenvalue weighted by atomic mass is 16.6. The van der Waals surface area contributed by atoms with Gasteiger partial charge in [0.25, 0.3) is 0 Å². The van der Waals surface area contributed by atoms with Crippen molar-refractivity contribution in [1.29, 1.82) is 0 Å². The molecule has 1 saturated carbocycles. The Kier molecular flexibility index (Phi) is 9.81. The summed E-state index contributed by atoms with van der Waals surface area (Å²) in [4.78, 5) is 25.2. The van der Waals surface area contributed by atoms with Crippen LogP contribution in [0.1, 0.15) is 74.5 Å². The van der Waals surface area contributed by atoms with Crippen molar-refractivity contribution in [2.75, 3.05) is 14.2 Å². The fourth-order valence-electron chi connectivity index (χ4n) is 5.62. The number of benzene rings is 2. The van der Waals surface area contributed by atoms with Gasteiger partial charge in [-0.2, -0.15) is 0 Å². The fraction of sp³-hybridized carbons (Fsp3) is 0.500. The van der Waals surface area contributed by atoms with Crippen LogP contribution in [-0.2, 0) is 31.9 Å². The van der Waals surface area contributed by atoms with Gasteiger partial charge in [0.05, 0.1) is 20.1 Å². The molecule has 0 amide bonds. The average molecular weight is 551 g/mol. The molecule has 2 N–H and O–H groups in total. The molecule has 0 unspecified atom stereocenters. The normalized spacial score (nSPS) is 21.5. The number of rotatable bonds is 6. The van der Waals surface area contributed by atoms with Gasteiger partial charge in [-0.15, -0.1) is 0 Å². The first kappa shape index (κ1) is 29.1. The number of ether oxygens (including phenoxy) is 4. The molecule has 0 saturated heterocycles.